The highest BCUT2D eigenvalue weighted by Gasteiger charge is 2.19. The van der Waals surface area contributed by atoms with Crippen LogP contribution in [0.1, 0.15) is 11.8 Å². The lowest BCUT2D eigenvalue weighted by Crippen LogP contribution is -2.42. The van der Waals surface area contributed by atoms with Crippen LogP contribution in [0.15, 0.2) is 51.0 Å². The number of likely N-dealkylation sites (N-methyl/N-ethyl adjacent to an activating group) is 1. The van der Waals surface area contributed by atoms with Crippen LogP contribution in [0.2, 0.25) is 0 Å². The van der Waals surface area contributed by atoms with E-state index < -0.39 is 24.2 Å². The van der Waals surface area contributed by atoms with Gasteiger partial charge in [0.25, 0.3) is 5.91 Å². The molecule has 0 aliphatic carbocycles. The van der Waals surface area contributed by atoms with Gasteiger partial charge in [0.2, 0.25) is 5.91 Å². The zero-order valence-electron chi connectivity index (χ0n) is 16.3. The van der Waals surface area contributed by atoms with Crippen LogP contribution in [-0.4, -0.2) is 46.9 Å². The van der Waals surface area contributed by atoms with E-state index in [1.54, 1.807) is 31.2 Å². The first kappa shape index (κ1) is 21.3. The normalized spacial score (nSPS) is 10.7. The first-order valence-corrected chi connectivity index (χ1v) is 10.2. The largest absolute Gasteiger partial charge is 0.454 e. The Kier molecular flexibility index (Phi) is 7.02. The molecule has 0 radical (unpaired) electrons. The third-order valence-electron chi connectivity index (χ3n) is 4.33. The number of nitrogens with one attached hydrogen (secondary N) is 1. The van der Waals surface area contributed by atoms with Gasteiger partial charge in [0.05, 0.1) is 18.6 Å². The molecule has 1 N–H and O–H groups in total. The Morgan fingerprint density at radius 2 is 2.00 bits per heavy atom. The number of oxazole rings is 1. The van der Waals surface area contributed by atoms with Gasteiger partial charge < -0.3 is 19.4 Å². The predicted octanol–water partition coefficient (Wildman–Crippen LogP) is 1.36. The molecule has 0 spiro atoms. The number of hydrogen-bond donors (Lipinski definition) is 1. The smallest absolute Gasteiger partial charge is 0.420 e. The second kappa shape index (κ2) is 9.88. The summed E-state index contributed by atoms with van der Waals surface area (Å²) in [6, 6.07) is 10.5. The Hall–Kier alpha value is -3.40. The molecule has 30 heavy (non-hydrogen) atoms. The fourth-order valence-electron chi connectivity index (χ4n) is 2.78. The van der Waals surface area contributed by atoms with Crippen LogP contribution in [0.3, 0.4) is 0 Å². The maximum Gasteiger partial charge on any atom is 0.420 e. The van der Waals surface area contributed by atoms with E-state index in [-0.39, 0.29) is 25.5 Å². The fourth-order valence-corrected chi connectivity index (χ4v) is 3.42. The second-order valence-electron chi connectivity index (χ2n) is 6.35. The molecule has 0 saturated heterocycles. The number of rotatable bonds is 9. The van der Waals surface area contributed by atoms with E-state index in [0.29, 0.717) is 17.6 Å². The highest BCUT2D eigenvalue weighted by atomic mass is 32.1. The maximum absolute atomic E-state index is 12.3. The first-order valence-electron chi connectivity index (χ1n) is 9.28. The molecule has 2 amide bonds. The Bertz CT molecular complexity index is 1090. The molecule has 9 nitrogen and oxygen atoms in total. The molecule has 2 heterocycles. The van der Waals surface area contributed by atoms with E-state index in [0.717, 1.165) is 9.44 Å². The number of amides is 2. The number of ether oxygens (including phenoxy) is 1. The number of para-hydroxylation sites is 2. The number of nitrogens with zero attached hydrogens (tertiary/aromatic N) is 2. The third-order valence-corrected chi connectivity index (χ3v) is 5.20. The molecule has 2 aromatic heterocycles. The topological polar surface area (TPSA) is 111 Å². The summed E-state index contributed by atoms with van der Waals surface area (Å²) in [5.74, 6) is -2.24. The summed E-state index contributed by atoms with van der Waals surface area (Å²) in [7, 11) is 0. The summed E-state index contributed by atoms with van der Waals surface area (Å²) >= 11 is 1.53. The fraction of sp³-hybridized carbons (Fsp3) is 0.300. The van der Waals surface area contributed by atoms with Crippen molar-refractivity contribution in [1.82, 2.24) is 14.8 Å². The molecule has 0 unspecified atom stereocenters. The molecule has 0 aliphatic heterocycles. The Morgan fingerprint density at radius 3 is 2.73 bits per heavy atom. The summed E-state index contributed by atoms with van der Waals surface area (Å²) in [5, 5.41) is 4.66. The van der Waals surface area contributed by atoms with Crippen LogP contribution in [0.25, 0.3) is 11.1 Å². The van der Waals surface area contributed by atoms with Crippen molar-refractivity contribution in [3.8, 4) is 0 Å². The van der Waals surface area contributed by atoms with E-state index >= 15 is 0 Å². The van der Waals surface area contributed by atoms with Crippen LogP contribution in [0, 0.1) is 0 Å². The SMILES string of the molecule is CCN(CC(=O)NCc1cccs1)C(=O)COC(=O)Cn1c(=O)oc2ccccc21. The van der Waals surface area contributed by atoms with Crippen molar-refractivity contribution in [1.29, 1.82) is 0 Å². The molecular formula is C20H21N3O6S. The molecule has 0 atom stereocenters. The lowest BCUT2D eigenvalue weighted by Gasteiger charge is -2.20. The van der Waals surface area contributed by atoms with E-state index in [4.69, 9.17) is 9.15 Å². The van der Waals surface area contributed by atoms with Gasteiger partial charge in [-0.25, -0.2) is 4.79 Å². The molecule has 0 saturated carbocycles. The Morgan fingerprint density at radius 1 is 1.20 bits per heavy atom. The van der Waals surface area contributed by atoms with Crippen molar-refractivity contribution in [2.45, 2.75) is 20.0 Å². The van der Waals surface area contributed by atoms with Gasteiger partial charge in [-0.15, -0.1) is 11.3 Å². The number of benzene rings is 1. The van der Waals surface area contributed by atoms with Crippen molar-refractivity contribution in [2.24, 2.45) is 0 Å². The number of aromatic nitrogens is 1. The zero-order valence-corrected chi connectivity index (χ0v) is 17.1. The van der Waals surface area contributed by atoms with E-state index in [1.807, 2.05) is 17.5 Å². The minimum Gasteiger partial charge on any atom is -0.454 e. The summed E-state index contributed by atoms with van der Waals surface area (Å²) in [5.41, 5.74) is 0.820. The number of esters is 1. The minimum absolute atomic E-state index is 0.135. The van der Waals surface area contributed by atoms with Crippen LogP contribution >= 0.6 is 11.3 Å². The second-order valence-corrected chi connectivity index (χ2v) is 7.38. The lowest BCUT2D eigenvalue weighted by atomic mass is 10.3. The van der Waals surface area contributed by atoms with E-state index in [2.05, 4.69) is 5.32 Å². The van der Waals surface area contributed by atoms with E-state index in [1.165, 1.54) is 16.2 Å². The van der Waals surface area contributed by atoms with Gasteiger partial charge in [-0.2, -0.15) is 0 Å². The quantitative estimate of drug-likeness (QED) is 0.512. The van der Waals surface area contributed by atoms with Crippen LogP contribution in [0.4, 0.5) is 0 Å². The van der Waals surface area contributed by atoms with Crippen molar-refractivity contribution in [3.05, 3.63) is 57.2 Å². The van der Waals surface area contributed by atoms with Gasteiger partial charge in [-0.1, -0.05) is 18.2 Å². The highest BCUT2D eigenvalue weighted by Crippen LogP contribution is 2.11. The van der Waals surface area contributed by atoms with Crippen molar-refractivity contribution < 1.29 is 23.5 Å². The van der Waals surface area contributed by atoms with Crippen molar-refractivity contribution in [3.63, 3.8) is 0 Å². The Labute approximate surface area is 175 Å². The summed E-state index contributed by atoms with van der Waals surface area (Å²) in [6.07, 6.45) is 0. The summed E-state index contributed by atoms with van der Waals surface area (Å²) in [4.78, 5) is 50.7. The average Bonchev–Trinajstić information content (AvgIpc) is 3.37. The molecule has 10 heteroatoms. The average molecular weight is 431 g/mol. The maximum atomic E-state index is 12.3. The zero-order chi connectivity index (χ0) is 21.5. The summed E-state index contributed by atoms with van der Waals surface area (Å²) < 4.78 is 11.2. The van der Waals surface area contributed by atoms with Crippen LogP contribution in [0.5, 0.6) is 0 Å². The Balaban J connectivity index is 1.49. The van der Waals surface area contributed by atoms with Gasteiger partial charge in [-0.05, 0) is 30.5 Å². The number of thiophene rings is 1. The highest BCUT2D eigenvalue weighted by molar-refractivity contribution is 7.09. The van der Waals surface area contributed by atoms with Gasteiger partial charge >= 0.3 is 11.7 Å². The molecule has 0 bridgehead atoms. The summed E-state index contributed by atoms with van der Waals surface area (Å²) in [6.45, 7) is 1.37. The first-order chi connectivity index (χ1) is 14.5. The van der Waals surface area contributed by atoms with Gasteiger partial charge in [0.1, 0.15) is 6.54 Å². The number of fused-ring (bicyclic) bond motifs is 1. The molecule has 0 fully saturated rings. The van der Waals surface area contributed by atoms with Gasteiger partial charge in [-0.3, -0.25) is 19.0 Å². The van der Waals surface area contributed by atoms with Crippen LogP contribution in [-0.2, 0) is 32.2 Å². The van der Waals surface area contributed by atoms with Crippen LogP contribution < -0.4 is 11.1 Å². The third kappa shape index (κ3) is 5.35. The molecule has 1 aromatic carbocycles. The molecular weight excluding hydrogens is 410 g/mol. The molecule has 0 aliphatic rings. The number of carbonyl (C=O) groups is 3. The monoisotopic (exact) mass is 431 g/mol. The lowest BCUT2D eigenvalue weighted by molar-refractivity contribution is -0.153. The molecule has 158 valence electrons. The van der Waals surface area contributed by atoms with Crippen molar-refractivity contribution in [2.75, 3.05) is 19.7 Å². The van der Waals surface area contributed by atoms with Crippen molar-refractivity contribution >= 4 is 40.2 Å². The number of carbonyl (C=O) groups excluding carboxylic acids is 3. The number of hydrogen-bond acceptors (Lipinski definition) is 7. The standard InChI is InChI=1S/C20H21N3O6S/c1-2-22(11-17(24)21-10-14-6-5-9-30-14)18(25)13-28-19(26)12-23-15-7-3-4-8-16(15)29-20(23)27/h3-9H,2,10-13H2,1H3,(H,21,24). The van der Waals surface area contributed by atoms with E-state index in [9.17, 15) is 19.2 Å². The predicted molar refractivity (Wildman–Crippen MR) is 110 cm³/mol. The minimum atomic E-state index is -0.754. The molecule has 3 aromatic rings. The molecule has 3 rings (SSSR count). The van der Waals surface area contributed by atoms with Gasteiger partial charge in [0, 0.05) is 11.4 Å². The van der Waals surface area contributed by atoms with Gasteiger partial charge in [0.15, 0.2) is 12.2 Å².